The normalized spacial score (nSPS) is 10.2. The zero-order chi connectivity index (χ0) is 20.3. The molecule has 0 atom stereocenters. The Bertz CT molecular complexity index is 1090. The van der Waals surface area contributed by atoms with Crippen LogP contribution in [-0.4, -0.2) is 45.0 Å². The van der Waals surface area contributed by atoms with Gasteiger partial charge in [0.05, 0.1) is 26.1 Å². The van der Waals surface area contributed by atoms with Crippen LogP contribution in [0.1, 0.15) is 16.1 Å². The number of rotatable bonds is 6. The number of ether oxygens (including phenoxy) is 2. The van der Waals surface area contributed by atoms with Gasteiger partial charge in [0.1, 0.15) is 29.0 Å². The van der Waals surface area contributed by atoms with E-state index < -0.39 is 5.97 Å². The summed E-state index contributed by atoms with van der Waals surface area (Å²) >= 11 is 0. The van der Waals surface area contributed by atoms with Gasteiger partial charge in [0, 0.05) is 6.07 Å². The number of methoxy groups -OCH3 is 2. The molecule has 4 N–H and O–H groups in total. The molecule has 0 unspecified atom stereocenters. The predicted molar refractivity (Wildman–Crippen MR) is 98.1 cm³/mol. The molecule has 1 aromatic carbocycles. The van der Waals surface area contributed by atoms with Crippen molar-refractivity contribution in [2.75, 3.05) is 25.3 Å². The van der Waals surface area contributed by atoms with E-state index in [2.05, 4.69) is 20.4 Å². The largest absolute Gasteiger partial charge is 0.493 e. The molecule has 0 saturated carbocycles. The van der Waals surface area contributed by atoms with Crippen LogP contribution in [0.4, 0.5) is 17.3 Å². The van der Waals surface area contributed by atoms with Crippen LogP contribution < -0.4 is 20.5 Å². The van der Waals surface area contributed by atoms with Crippen LogP contribution in [0.25, 0.3) is 5.95 Å². The second-order valence-corrected chi connectivity index (χ2v) is 5.38. The van der Waals surface area contributed by atoms with Crippen molar-refractivity contribution < 1.29 is 19.4 Å². The third kappa shape index (κ3) is 3.34. The van der Waals surface area contributed by atoms with Crippen LogP contribution in [0.15, 0.2) is 30.5 Å². The zero-order valence-corrected chi connectivity index (χ0v) is 14.9. The summed E-state index contributed by atoms with van der Waals surface area (Å²) in [6.07, 6.45) is 1.08. The Kier molecular flexibility index (Phi) is 4.95. The molecule has 0 spiro atoms. The number of hydrogen-bond donors (Lipinski definition) is 3. The molecule has 0 aliphatic carbocycles. The molecule has 11 heteroatoms. The summed E-state index contributed by atoms with van der Waals surface area (Å²) in [6.45, 7) is 0. The average Bonchev–Trinajstić information content (AvgIpc) is 3.09. The molecule has 0 fully saturated rings. The molecule has 142 valence electrons. The molecule has 0 radical (unpaired) electrons. The first-order valence-corrected chi connectivity index (χ1v) is 7.82. The van der Waals surface area contributed by atoms with Crippen LogP contribution in [0.2, 0.25) is 0 Å². The highest BCUT2D eigenvalue weighted by Crippen LogP contribution is 2.36. The Morgan fingerprint density at radius 3 is 2.71 bits per heavy atom. The number of nitrogens with zero attached hydrogens (tertiary/aromatic N) is 5. The lowest BCUT2D eigenvalue weighted by atomic mass is 10.2. The molecule has 0 amide bonds. The number of carbonyl (C=O) groups is 1. The third-order valence-electron chi connectivity index (χ3n) is 3.72. The van der Waals surface area contributed by atoms with Crippen LogP contribution in [0, 0.1) is 11.3 Å². The Labute approximate surface area is 159 Å². The summed E-state index contributed by atoms with van der Waals surface area (Å²) in [5.74, 6) is -0.263. The van der Waals surface area contributed by atoms with E-state index in [-0.39, 0.29) is 28.8 Å². The van der Waals surface area contributed by atoms with E-state index in [1.807, 2.05) is 6.07 Å². The molecule has 0 aliphatic rings. The van der Waals surface area contributed by atoms with Gasteiger partial charge >= 0.3 is 5.97 Å². The highest BCUT2D eigenvalue weighted by molar-refractivity contribution is 5.92. The Morgan fingerprint density at radius 2 is 2.11 bits per heavy atom. The number of para-hydroxylation sites is 1. The van der Waals surface area contributed by atoms with Crippen LogP contribution in [-0.2, 0) is 0 Å². The molecular weight excluding hydrogens is 366 g/mol. The lowest BCUT2D eigenvalue weighted by Gasteiger charge is -2.14. The van der Waals surface area contributed by atoms with Crippen molar-refractivity contribution in [3.05, 3.63) is 41.7 Å². The van der Waals surface area contributed by atoms with Crippen molar-refractivity contribution in [1.82, 2.24) is 19.7 Å². The van der Waals surface area contributed by atoms with E-state index in [4.69, 9.17) is 20.3 Å². The van der Waals surface area contributed by atoms with Crippen molar-refractivity contribution in [3.8, 4) is 23.5 Å². The number of nitrogen functional groups attached to an aromatic ring is 1. The minimum Gasteiger partial charge on any atom is -0.493 e. The number of carboxylic acids is 1. The van der Waals surface area contributed by atoms with Gasteiger partial charge in [-0.05, 0) is 12.1 Å². The van der Waals surface area contributed by atoms with E-state index >= 15 is 0 Å². The van der Waals surface area contributed by atoms with Crippen molar-refractivity contribution in [1.29, 1.82) is 5.26 Å². The number of anilines is 3. The number of hydrogen-bond acceptors (Lipinski definition) is 9. The van der Waals surface area contributed by atoms with Crippen molar-refractivity contribution >= 4 is 23.3 Å². The number of benzene rings is 1. The lowest BCUT2D eigenvalue weighted by Crippen LogP contribution is -2.11. The molecule has 0 saturated heterocycles. The van der Waals surface area contributed by atoms with Crippen LogP contribution in [0.3, 0.4) is 0 Å². The molecule has 2 heterocycles. The van der Waals surface area contributed by atoms with Crippen molar-refractivity contribution in [3.63, 3.8) is 0 Å². The van der Waals surface area contributed by atoms with Gasteiger partial charge < -0.3 is 25.6 Å². The number of nitriles is 1. The number of carboxylic acid groups (broad SMARTS) is 1. The number of aromatic carboxylic acids is 1. The smallest absolute Gasteiger partial charge is 0.341 e. The molecule has 2 aromatic heterocycles. The van der Waals surface area contributed by atoms with E-state index in [0.29, 0.717) is 17.2 Å². The van der Waals surface area contributed by atoms with Gasteiger partial charge in [-0.1, -0.05) is 6.07 Å². The summed E-state index contributed by atoms with van der Waals surface area (Å²) in [7, 11) is 3.01. The topological polar surface area (TPSA) is 161 Å². The van der Waals surface area contributed by atoms with Crippen molar-refractivity contribution in [2.45, 2.75) is 0 Å². The Hall–Kier alpha value is -4.33. The average molecular weight is 381 g/mol. The molecule has 11 nitrogen and oxygen atoms in total. The van der Waals surface area contributed by atoms with E-state index in [1.54, 1.807) is 18.2 Å². The van der Waals surface area contributed by atoms with Gasteiger partial charge in [-0.2, -0.15) is 25.0 Å². The van der Waals surface area contributed by atoms with Gasteiger partial charge in [0.15, 0.2) is 11.5 Å². The molecular formula is C17H15N7O4. The van der Waals surface area contributed by atoms with Gasteiger partial charge in [0.25, 0.3) is 5.95 Å². The predicted octanol–water partition coefficient (Wildman–Crippen LogP) is 1.58. The van der Waals surface area contributed by atoms with Crippen LogP contribution in [0.5, 0.6) is 11.5 Å². The molecule has 0 aliphatic heterocycles. The monoisotopic (exact) mass is 381 g/mol. The minimum atomic E-state index is -1.24. The molecule has 28 heavy (non-hydrogen) atoms. The fourth-order valence-electron chi connectivity index (χ4n) is 2.46. The molecule has 3 rings (SSSR count). The van der Waals surface area contributed by atoms with Gasteiger partial charge in [-0.25, -0.2) is 4.79 Å². The highest BCUT2D eigenvalue weighted by Gasteiger charge is 2.18. The highest BCUT2D eigenvalue weighted by atomic mass is 16.5. The maximum atomic E-state index is 11.2. The van der Waals surface area contributed by atoms with E-state index in [1.165, 1.54) is 20.3 Å². The van der Waals surface area contributed by atoms with Crippen LogP contribution >= 0.6 is 0 Å². The quantitative estimate of drug-likeness (QED) is 0.571. The summed E-state index contributed by atoms with van der Waals surface area (Å²) in [5.41, 5.74) is 6.18. The maximum Gasteiger partial charge on any atom is 0.341 e. The summed E-state index contributed by atoms with van der Waals surface area (Å²) in [6, 6.07) is 8.55. The van der Waals surface area contributed by atoms with Gasteiger partial charge in [-0.15, -0.1) is 0 Å². The standard InChI is InChI=1S/C17H15N7O4/c1-27-12-5-3-4-11(14(12)28-2)22-13-6-9(7-18)21-17(23-13)24-15(19)10(8-20-24)16(25)26/h3-6,8H,19H2,1-2H3,(H,25,26)(H,21,22,23). The SMILES string of the molecule is COc1cccc(Nc2cc(C#N)nc(-n3ncc(C(=O)O)c3N)n2)c1OC. The zero-order valence-electron chi connectivity index (χ0n) is 14.9. The number of nitrogens with one attached hydrogen (secondary N) is 1. The second-order valence-electron chi connectivity index (χ2n) is 5.38. The number of nitrogens with two attached hydrogens (primary N) is 1. The minimum absolute atomic E-state index is 0.0288. The maximum absolute atomic E-state index is 11.2. The third-order valence-corrected chi connectivity index (χ3v) is 3.72. The fraction of sp³-hybridized carbons (Fsp3) is 0.118. The summed E-state index contributed by atoms with van der Waals surface area (Å²) in [5, 5.41) is 25.3. The summed E-state index contributed by atoms with van der Waals surface area (Å²) < 4.78 is 11.7. The van der Waals surface area contributed by atoms with E-state index in [0.717, 1.165) is 10.9 Å². The fourth-order valence-corrected chi connectivity index (χ4v) is 2.46. The Balaban J connectivity index is 2.06. The second kappa shape index (κ2) is 7.50. The lowest BCUT2D eigenvalue weighted by molar-refractivity contribution is 0.0698. The first kappa shape index (κ1) is 18.5. The first-order valence-electron chi connectivity index (χ1n) is 7.82. The molecule has 0 bridgehead atoms. The summed E-state index contributed by atoms with van der Waals surface area (Å²) in [4.78, 5) is 19.5. The van der Waals surface area contributed by atoms with Gasteiger partial charge in [0.2, 0.25) is 0 Å². The van der Waals surface area contributed by atoms with Gasteiger partial charge in [-0.3, -0.25) is 0 Å². The first-order chi connectivity index (χ1) is 13.5. The molecule has 3 aromatic rings. The van der Waals surface area contributed by atoms with Crippen molar-refractivity contribution in [2.24, 2.45) is 0 Å². The van der Waals surface area contributed by atoms with E-state index in [9.17, 15) is 10.1 Å². The Morgan fingerprint density at radius 1 is 1.32 bits per heavy atom. The number of aromatic nitrogens is 4.